The Kier molecular flexibility index (Phi) is 5.13. The summed E-state index contributed by atoms with van der Waals surface area (Å²) in [7, 11) is 3.47. The van der Waals surface area contributed by atoms with E-state index in [9.17, 15) is 4.79 Å². The van der Waals surface area contributed by atoms with E-state index in [4.69, 9.17) is 9.15 Å². The summed E-state index contributed by atoms with van der Waals surface area (Å²) in [6.07, 6.45) is 7.66. The van der Waals surface area contributed by atoms with Gasteiger partial charge in [0.2, 0.25) is 5.89 Å². The molecule has 1 aliphatic heterocycles. The molecule has 3 heterocycles. The highest BCUT2D eigenvalue weighted by molar-refractivity contribution is 5.93. The molecule has 0 spiro atoms. The maximum absolute atomic E-state index is 12.8. The number of aromatic nitrogens is 3. The van der Waals surface area contributed by atoms with Crippen LogP contribution in [0.3, 0.4) is 0 Å². The van der Waals surface area contributed by atoms with E-state index in [1.54, 1.807) is 30.4 Å². The quantitative estimate of drug-likeness (QED) is 0.664. The van der Waals surface area contributed by atoms with Crippen molar-refractivity contribution in [2.24, 2.45) is 7.05 Å². The van der Waals surface area contributed by atoms with Gasteiger partial charge < -0.3 is 14.1 Å². The second-order valence-corrected chi connectivity index (χ2v) is 7.95. The Morgan fingerprint density at radius 1 is 1.34 bits per heavy atom. The summed E-state index contributed by atoms with van der Waals surface area (Å²) in [5, 5.41) is 4.11. The van der Waals surface area contributed by atoms with E-state index in [0.717, 1.165) is 36.5 Å². The highest BCUT2D eigenvalue weighted by atomic mass is 16.5. The van der Waals surface area contributed by atoms with Crippen LogP contribution in [0.5, 0.6) is 5.75 Å². The molecule has 0 N–H and O–H groups in total. The summed E-state index contributed by atoms with van der Waals surface area (Å²) < 4.78 is 13.1. The normalized spacial score (nSPS) is 19.3. The molecule has 7 nitrogen and oxygen atoms in total. The number of piperidine rings is 1. The number of hydrogen-bond donors (Lipinski definition) is 0. The summed E-state index contributed by atoms with van der Waals surface area (Å²) in [4.78, 5) is 19.3. The Labute approximate surface area is 170 Å². The summed E-state index contributed by atoms with van der Waals surface area (Å²) in [6.45, 7) is 3.44. The fraction of sp³-hybridized carbons (Fsp3) is 0.409. The first-order chi connectivity index (χ1) is 14.0. The minimum atomic E-state index is -0.303. The maximum Gasteiger partial charge on any atom is 0.257 e. The standard InChI is InChI=1S/C22H26N4O3/c1-22(8-5-9-26(15-22)20(27)17-12-24-25(2)14-17)21-23-13-19(29-21)11-16-6-4-7-18(10-16)28-3/h4,6-7,10,12-14H,5,8-9,11,15H2,1-3H3/t22-/m0/s1. The van der Waals surface area contributed by atoms with Crippen molar-refractivity contribution < 1.29 is 13.9 Å². The average Bonchev–Trinajstić information content (AvgIpc) is 3.37. The molecule has 3 aromatic rings. The SMILES string of the molecule is COc1cccc(Cc2cnc([C@@]3(C)CCCN(C(=O)c4cnn(C)c4)C3)o2)c1. The number of ether oxygens (including phenoxy) is 1. The predicted molar refractivity (Wildman–Crippen MR) is 108 cm³/mol. The van der Waals surface area contributed by atoms with Gasteiger partial charge in [-0.25, -0.2) is 4.98 Å². The number of carbonyl (C=O) groups excluding carboxylic acids is 1. The Morgan fingerprint density at radius 3 is 2.97 bits per heavy atom. The van der Waals surface area contributed by atoms with Gasteiger partial charge in [0.25, 0.3) is 5.91 Å². The number of methoxy groups -OCH3 is 1. The first-order valence-electron chi connectivity index (χ1n) is 9.83. The minimum Gasteiger partial charge on any atom is -0.497 e. The average molecular weight is 394 g/mol. The molecule has 0 aliphatic carbocycles. The third-order valence-electron chi connectivity index (χ3n) is 5.52. The number of amides is 1. The first-order valence-corrected chi connectivity index (χ1v) is 9.83. The van der Waals surface area contributed by atoms with Gasteiger partial charge >= 0.3 is 0 Å². The molecule has 0 radical (unpaired) electrons. The summed E-state index contributed by atoms with van der Waals surface area (Å²) >= 11 is 0. The van der Waals surface area contributed by atoms with Crippen molar-refractivity contribution >= 4 is 5.91 Å². The van der Waals surface area contributed by atoms with Crippen molar-refractivity contribution in [2.75, 3.05) is 20.2 Å². The Bertz CT molecular complexity index is 1010. The Balaban J connectivity index is 1.49. The zero-order valence-electron chi connectivity index (χ0n) is 17.1. The molecule has 1 amide bonds. The largest absolute Gasteiger partial charge is 0.497 e. The third-order valence-corrected chi connectivity index (χ3v) is 5.52. The number of hydrogen-bond acceptors (Lipinski definition) is 5. The van der Waals surface area contributed by atoms with Gasteiger partial charge in [-0.05, 0) is 37.5 Å². The molecule has 152 valence electrons. The lowest BCUT2D eigenvalue weighted by molar-refractivity contribution is 0.0626. The lowest BCUT2D eigenvalue weighted by Crippen LogP contribution is -2.47. The number of carbonyl (C=O) groups is 1. The molecule has 1 saturated heterocycles. The zero-order valence-corrected chi connectivity index (χ0v) is 17.1. The van der Waals surface area contributed by atoms with E-state index in [1.165, 1.54) is 0 Å². The summed E-state index contributed by atoms with van der Waals surface area (Å²) in [5.41, 5.74) is 1.42. The molecule has 4 rings (SSSR count). The van der Waals surface area contributed by atoms with Crippen LogP contribution < -0.4 is 4.74 Å². The van der Waals surface area contributed by atoms with Crippen molar-refractivity contribution in [3.63, 3.8) is 0 Å². The molecular weight excluding hydrogens is 368 g/mol. The second kappa shape index (κ2) is 7.73. The molecule has 1 fully saturated rings. The van der Waals surface area contributed by atoms with Crippen molar-refractivity contribution in [3.8, 4) is 5.75 Å². The molecule has 0 unspecified atom stereocenters. The molecule has 0 saturated carbocycles. The van der Waals surface area contributed by atoms with E-state index < -0.39 is 0 Å². The Morgan fingerprint density at radius 2 is 2.21 bits per heavy atom. The monoisotopic (exact) mass is 394 g/mol. The van der Waals surface area contributed by atoms with Crippen LogP contribution in [-0.4, -0.2) is 45.8 Å². The lowest BCUT2D eigenvalue weighted by atomic mass is 9.81. The van der Waals surface area contributed by atoms with Crippen molar-refractivity contribution in [3.05, 3.63) is 65.6 Å². The number of nitrogens with zero attached hydrogens (tertiary/aromatic N) is 4. The second-order valence-electron chi connectivity index (χ2n) is 7.95. The van der Waals surface area contributed by atoms with E-state index in [-0.39, 0.29) is 11.3 Å². The van der Waals surface area contributed by atoms with Gasteiger partial charge in [-0.15, -0.1) is 0 Å². The molecular formula is C22H26N4O3. The van der Waals surface area contributed by atoms with E-state index in [1.807, 2.05) is 36.2 Å². The van der Waals surface area contributed by atoms with Crippen LogP contribution in [0.2, 0.25) is 0 Å². The fourth-order valence-corrected chi connectivity index (χ4v) is 3.95. The van der Waals surface area contributed by atoms with E-state index in [2.05, 4.69) is 17.0 Å². The van der Waals surface area contributed by atoms with Crippen LogP contribution in [0.25, 0.3) is 0 Å². The van der Waals surface area contributed by atoms with Crippen LogP contribution in [0.4, 0.5) is 0 Å². The molecule has 1 aliphatic rings. The number of aryl methyl sites for hydroxylation is 1. The van der Waals surface area contributed by atoms with Crippen LogP contribution >= 0.6 is 0 Å². The van der Waals surface area contributed by atoms with Crippen LogP contribution in [0.15, 0.2) is 47.3 Å². The molecule has 1 aromatic carbocycles. The van der Waals surface area contributed by atoms with Crippen molar-refractivity contribution in [2.45, 2.75) is 31.6 Å². The van der Waals surface area contributed by atoms with Gasteiger partial charge in [0.1, 0.15) is 11.5 Å². The molecule has 29 heavy (non-hydrogen) atoms. The van der Waals surface area contributed by atoms with Gasteiger partial charge in [0, 0.05) is 32.8 Å². The minimum absolute atomic E-state index is 0.00665. The van der Waals surface area contributed by atoms with Crippen molar-refractivity contribution in [1.82, 2.24) is 19.7 Å². The van der Waals surface area contributed by atoms with Gasteiger partial charge in [-0.3, -0.25) is 9.48 Å². The molecule has 1 atom stereocenters. The fourth-order valence-electron chi connectivity index (χ4n) is 3.95. The lowest BCUT2D eigenvalue weighted by Gasteiger charge is -2.38. The Hall–Kier alpha value is -3.09. The maximum atomic E-state index is 12.8. The summed E-state index contributed by atoms with van der Waals surface area (Å²) in [5.74, 6) is 2.34. The number of likely N-dealkylation sites (tertiary alicyclic amines) is 1. The van der Waals surface area contributed by atoms with Crippen molar-refractivity contribution in [1.29, 1.82) is 0 Å². The smallest absolute Gasteiger partial charge is 0.257 e. The number of oxazole rings is 1. The van der Waals surface area contributed by atoms with Gasteiger partial charge in [0.05, 0.1) is 30.5 Å². The van der Waals surface area contributed by atoms with E-state index >= 15 is 0 Å². The third kappa shape index (κ3) is 4.04. The number of benzene rings is 1. The summed E-state index contributed by atoms with van der Waals surface area (Å²) in [6, 6.07) is 7.93. The highest BCUT2D eigenvalue weighted by Gasteiger charge is 2.38. The predicted octanol–water partition coefficient (Wildman–Crippen LogP) is 3.20. The highest BCUT2D eigenvalue weighted by Crippen LogP contribution is 2.34. The molecule has 2 aromatic heterocycles. The molecule has 0 bridgehead atoms. The van der Waals surface area contributed by atoms with E-state index in [0.29, 0.717) is 24.4 Å². The number of rotatable bonds is 5. The van der Waals surface area contributed by atoms with Crippen LogP contribution in [0, 0.1) is 0 Å². The van der Waals surface area contributed by atoms with Gasteiger partial charge in [0.15, 0.2) is 0 Å². The van der Waals surface area contributed by atoms with Crippen LogP contribution in [0.1, 0.15) is 47.3 Å². The first kappa shape index (κ1) is 19.2. The van der Waals surface area contributed by atoms with Gasteiger partial charge in [-0.1, -0.05) is 12.1 Å². The zero-order chi connectivity index (χ0) is 20.4. The topological polar surface area (TPSA) is 73.4 Å². The van der Waals surface area contributed by atoms with Gasteiger partial charge in [-0.2, -0.15) is 5.10 Å². The molecule has 7 heteroatoms. The van der Waals surface area contributed by atoms with Crippen LogP contribution in [-0.2, 0) is 18.9 Å².